The van der Waals surface area contributed by atoms with Crippen molar-refractivity contribution >= 4 is 11.7 Å². The second kappa shape index (κ2) is 7.34. The van der Waals surface area contributed by atoms with Crippen LogP contribution in [0.1, 0.15) is 60.9 Å². The fourth-order valence-corrected chi connectivity index (χ4v) is 3.84. The maximum absolute atomic E-state index is 12.1. The maximum Gasteiger partial charge on any atom is 0.226 e. The molecule has 2 aromatic carbocycles. The van der Waals surface area contributed by atoms with Gasteiger partial charge in [0.2, 0.25) is 5.91 Å². The van der Waals surface area contributed by atoms with Crippen molar-refractivity contribution in [2.45, 2.75) is 45.4 Å². The van der Waals surface area contributed by atoms with Crippen molar-refractivity contribution in [3.05, 3.63) is 70.4 Å². The monoisotopic (exact) mass is 400 g/mol. The molecule has 0 radical (unpaired) electrons. The lowest BCUT2D eigenvalue weighted by Gasteiger charge is -2.24. The molecule has 2 heterocycles. The average molecular weight is 400 g/mol. The summed E-state index contributed by atoms with van der Waals surface area (Å²) in [6, 6.07) is 13.7. The fourth-order valence-electron chi connectivity index (χ4n) is 3.84. The Morgan fingerprint density at radius 1 is 1.17 bits per heavy atom. The highest BCUT2D eigenvalue weighted by Gasteiger charge is 2.29. The highest BCUT2D eigenvalue weighted by atomic mass is 16.5. The van der Waals surface area contributed by atoms with Crippen LogP contribution in [0.5, 0.6) is 11.5 Å². The van der Waals surface area contributed by atoms with Crippen LogP contribution in [0.3, 0.4) is 0 Å². The van der Waals surface area contributed by atoms with E-state index in [4.69, 9.17) is 4.74 Å². The Morgan fingerprint density at radius 2 is 1.93 bits per heavy atom. The van der Waals surface area contributed by atoms with Crippen LogP contribution in [0.2, 0.25) is 0 Å². The van der Waals surface area contributed by atoms with Crippen molar-refractivity contribution in [2.75, 3.05) is 5.32 Å². The Balaban J connectivity index is 1.67. The molecule has 1 aliphatic rings. The number of carbonyl (C=O) groups excluding carboxylic acids is 1. The average Bonchev–Trinajstić information content (AvgIpc) is 3.16. The Kier molecular flexibility index (Phi) is 4.83. The Bertz CT molecular complexity index is 1160. The van der Waals surface area contributed by atoms with Crippen LogP contribution in [0.4, 0.5) is 5.82 Å². The molecule has 6 nitrogen and oxygen atoms in total. The SMILES string of the molecule is Cc1cc(C2CC(=O)Nc3n[nH]cc32)ccc1Oc1ccc(C#N)cc1C(C)(C)C. The van der Waals surface area contributed by atoms with Gasteiger partial charge >= 0.3 is 0 Å². The summed E-state index contributed by atoms with van der Waals surface area (Å²) < 4.78 is 6.28. The first-order chi connectivity index (χ1) is 14.3. The molecule has 2 N–H and O–H groups in total. The zero-order valence-corrected chi connectivity index (χ0v) is 17.5. The van der Waals surface area contributed by atoms with Crippen molar-refractivity contribution in [3.63, 3.8) is 0 Å². The van der Waals surface area contributed by atoms with Crippen LogP contribution in [0.15, 0.2) is 42.6 Å². The van der Waals surface area contributed by atoms with E-state index < -0.39 is 0 Å². The van der Waals surface area contributed by atoms with Crippen molar-refractivity contribution in [2.24, 2.45) is 0 Å². The van der Waals surface area contributed by atoms with Crippen LogP contribution < -0.4 is 10.1 Å². The number of benzene rings is 2. The van der Waals surface area contributed by atoms with Gasteiger partial charge in [0, 0.05) is 29.7 Å². The molecule has 0 spiro atoms. The molecule has 0 fully saturated rings. The largest absolute Gasteiger partial charge is 0.457 e. The van der Waals surface area contributed by atoms with E-state index in [-0.39, 0.29) is 17.2 Å². The molecule has 0 saturated carbocycles. The summed E-state index contributed by atoms with van der Waals surface area (Å²) in [7, 11) is 0. The number of nitrogens with one attached hydrogen (secondary N) is 2. The van der Waals surface area contributed by atoms with Gasteiger partial charge < -0.3 is 10.1 Å². The van der Waals surface area contributed by atoms with Crippen molar-refractivity contribution in [3.8, 4) is 17.6 Å². The lowest BCUT2D eigenvalue weighted by molar-refractivity contribution is -0.116. The van der Waals surface area contributed by atoms with Crippen LogP contribution in [0.25, 0.3) is 0 Å². The molecule has 6 heteroatoms. The van der Waals surface area contributed by atoms with E-state index in [1.807, 2.05) is 37.4 Å². The lowest BCUT2D eigenvalue weighted by atomic mass is 9.85. The molecule has 3 aromatic rings. The lowest BCUT2D eigenvalue weighted by Crippen LogP contribution is -2.23. The Morgan fingerprint density at radius 3 is 2.63 bits per heavy atom. The molecule has 152 valence electrons. The minimum atomic E-state index is -0.164. The number of aromatic nitrogens is 2. The number of nitrogens with zero attached hydrogens (tertiary/aromatic N) is 2. The summed E-state index contributed by atoms with van der Waals surface area (Å²) >= 11 is 0. The number of rotatable bonds is 3. The number of aromatic amines is 1. The van der Waals surface area contributed by atoms with Gasteiger partial charge in [-0.3, -0.25) is 9.89 Å². The zero-order valence-electron chi connectivity index (χ0n) is 17.5. The molecular weight excluding hydrogens is 376 g/mol. The number of nitriles is 1. The van der Waals surface area contributed by atoms with Gasteiger partial charge in [-0.1, -0.05) is 32.9 Å². The van der Waals surface area contributed by atoms with E-state index in [2.05, 4.69) is 48.4 Å². The number of hydrogen-bond donors (Lipinski definition) is 2. The second-order valence-corrected chi connectivity index (χ2v) is 8.69. The van der Waals surface area contributed by atoms with Crippen molar-refractivity contribution in [1.29, 1.82) is 5.26 Å². The third-order valence-electron chi connectivity index (χ3n) is 5.43. The first kappa shape index (κ1) is 19.7. The van der Waals surface area contributed by atoms with Crippen LogP contribution in [-0.4, -0.2) is 16.1 Å². The molecule has 1 aliphatic heterocycles. The van der Waals surface area contributed by atoms with Gasteiger partial charge in [0.05, 0.1) is 11.6 Å². The summed E-state index contributed by atoms with van der Waals surface area (Å²) in [4.78, 5) is 12.1. The topological polar surface area (TPSA) is 90.8 Å². The number of hydrogen-bond acceptors (Lipinski definition) is 4. The van der Waals surface area contributed by atoms with E-state index in [1.54, 1.807) is 6.07 Å². The first-order valence-corrected chi connectivity index (χ1v) is 9.93. The zero-order chi connectivity index (χ0) is 21.5. The molecule has 4 rings (SSSR count). The minimum absolute atomic E-state index is 0.0371. The number of fused-ring (bicyclic) bond motifs is 1. The number of aryl methyl sites for hydroxylation is 1. The summed E-state index contributed by atoms with van der Waals surface area (Å²) in [6.45, 7) is 8.30. The normalized spacial score (nSPS) is 15.8. The third-order valence-corrected chi connectivity index (χ3v) is 5.43. The van der Waals surface area contributed by atoms with Gasteiger partial charge in [-0.05, 0) is 47.7 Å². The van der Waals surface area contributed by atoms with Crippen LogP contribution in [0, 0.1) is 18.3 Å². The fraction of sp³-hybridized carbons (Fsp3) is 0.292. The highest BCUT2D eigenvalue weighted by Crippen LogP contribution is 2.39. The predicted molar refractivity (Wildman–Crippen MR) is 115 cm³/mol. The molecule has 30 heavy (non-hydrogen) atoms. The Hall–Kier alpha value is -3.59. The first-order valence-electron chi connectivity index (χ1n) is 9.93. The smallest absolute Gasteiger partial charge is 0.226 e. The quantitative estimate of drug-likeness (QED) is 0.636. The number of anilines is 1. The molecule has 0 aliphatic carbocycles. The van der Waals surface area contributed by atoms with Gasteiger partial charge in [-0.15, -0.1) is 0 Å². The molecule has 1 aromatic heterocycles. The van der Waals surface area contributed by atoms with E-state index in [1.165, 1.54) is 0 Å². The van der Waals surface area contributed by atoms with Crippen molar-refractivity contribution < 1.29 is 9.53 Å². The summed E-state index contributed by atoms with van der Waals surface area (Å²) in [5.41, 5.74) is 4.46. The van der Waals surface area contributed by atoms with Crippen LogP contribution in [-0.2, 0) is 10.2 Å². The van der Waals surface area contributed by atoms with Gasteiger partial charge in [0.1, 0.15) is 11.5 Å². The summed E-state index contributed by atoms with van der Waals surface area (Å²) in [6.07, 6.45) is 2.22. The van der Waals surface area contributed by atoms with Gasteiger partial charge in [0.25, 0.3) is 0 Å². The number of amides is 1. The molecule has 1 atom stereocenters. The van der Waals surface area contributed by atoms with Crippen LogP contribution >= 0.6 is 0 Å². The van der Waals surface area contributed by atoms with E-state index >= 15 is 0 Å². The highest BCUT2D eigenvalue weighted by molar-refractivity contribution is 5.94. The van der Waals surface area contributed by atoms with Crippen molar-refractivity contribution in [1.82, 2.24) is 10.2 Å². The standard InChI is InChI=1S/C24H24N4O2/c1-14-9-16(17-11-22(29)27-23-18(17)13-26-28-23)6-8-20(14)30-21-7-5-15(12-25)10-19(21)24(2,3)4/h5-10,13,17H,11H2,1-4H3,(H2,26,27,28,29). The molecule has 0 saturated heterocycles. The molecular formula is C24H24N4O2. The minimum Gasteiger partial charge on any atom is -0.457 e. The van der Waals surface area contributed by atoms with E-state index in [0.29, 0.717) is 17.8 Å². The maximum atomic E-state index is 12.1. The number of H-pyrrole nitrogens is 1. The Labute approximate surface area is 175 Å². The van der Waals surface area contributed by atoms with Gasteiger partial charge in [0.15, 0.2) is 5.82 Å². The molecule has 0 bridgehead atoms. The number of carbonyl (C=O) groups is 1. The summed E-state index contributed by atoms with van der Waals surface area (Å²) in [5.74, 6) is 2.01. The van der Waals surface area contributed by atoms with Gasteiger partial charge in [-0.2, -0.15) is 10.4 Å². The molecule has 1 unspecified atom stereocenters. The van der Waals surface area contributed by atoms with Gasteiger partial charge in [-0.25, -0.2) is 0 Å². The predicted octanol–water partition coefficient (Wildman–Crippen LogP) is 5.15. The second-order valence-electron chi connectivity index (χ2n) is 8.69. The number of ether oxygens (including phenoxy) is 1. The van der Waals surface area contributed by atoms with E-state index in [9.17, 15) is 10.1 Å². The molecule has 1 amide bonds. The summed E-state index contributed by atoms with van der Waals surface area (Å²) in [5, 5.41) is 19.0. The van der Waals surface area contributed by atoms with E-state index in [0.717, 1.165) is 33.8 Å². The third kappa shape index (κ3) is 3.67.